The smallest absolute Gasteiger partial charge is 0.251 e. The molecule has 1 aliphatic carbocycles. The van der Waals surface area contributed by atoms with Gasteiger partial charge in [-0.3, -0.25) is 4.79 Å². The minimum Gasteiger partial charge on any atom is -0.393 e. The van der Waals surface area contributed by atoms with Crippen molar-refractivity contribution in [1.82, 2.24) is 5.32 Å². The van der Waals surface area contributed by atoms with E-state index in [1.165, 1.54) is 5.56 Å². The summed E-state index contributed by atoms with van der Waals surface area (Å²) in [6, 6.07) is 7.98. The zero-order valence-corrected chi connectivity index (χ0v) is 10.9. The number of nitrogens with one attached hydrogen (secondary N) is 1. The van der Waals surface area contributed by atoms with Gasteiger partial charge in [0.15, 0.2) is 0 Å². The molecule has 1 aromatic rings. The fourth-order valence-corrected chi connectivity index (χ4v) is 2.38. The number of carbonyl (C=O) groups is 1. The Morgan fingerprint density at radius 3 is 2.39 bits per heavy atom. The van der Waals surface area contributed by atoms with Gasteiger partial charge in [0.2, 0.25) is 0 Å². The number of rotatable bonds is 3. The van der Waals surface area contributed by atoms with Gasteiger partial charge in [0.1, 0.15) is 0 Å². The van der Waals surface area contributed by atoms with Gasteiger partial charge in [0, 0.05) is 11.6 Å². The number of hydrogen-bond acceptors (Lipinski definition) is 2. The van der Waals surface area contributed by atoms with Crippen molar-refractivity contribution in [3.05, 3.63) is 35.4 Å². The monoisotopic (exact) mass is 247 g/mol. The molecular formula is C15H21NO2. The van der Waals surface area contributed by atoms with Crippen LogP contribution in [-0.2, 0) is 6.42 Å². The van der Waals surface area contributed by atoms with Crippen LogP contribution in [0.15, 0.2) is 24.3 Å². The molecule has 1 aromatic carbocycles. The molecule has 0 saturated heterocycles. The minimum atomic E-state index is -0.179. The van der Waals surface area contributed by atoms with Gasteiger partial charge in [-0.05, 0) is 49.8 Å². The van der Waals surface area contributed by atoms with Crippen LogP contribution in [0, 0.1) is 0 Å². The number of aryl methyl sites for hydroxylation is 1. The zero-order valence-electron chi connectivity index (χ0n) is 10.9. The Hall–Kier alpha value is -1.35. The van der Waals surface area contributed by atoms with Crippen LogP contribution in [0.5, 0.6) is 0 Å². The number of aliphatic hydroxyl groups excluding tert-OH is 1. The van der Waals surface area contributed by atoms with Crippen molar-refractivity contribution in [2.45, 2.75) is 51.2 Å². The third kappa shape index (κ3) is 3.33. The summed E-state index contributed by atoms with van der Waals surface area (Å²) in [6.07, 6.45) is 4.14. The summed E-state index contributed by atoms with van der Waals surface area (Å²) in [6.45, 7) is 2.10. The first kappa shape index (κ1) is 13.1. The third-order valence-electron chi connectivity index (χ3n) is 3.66. The van der Waals surface area contributed by atoms with E-state index in [0.717, 1.165) is 37.7 Å². The van der Waals surface area contributed by atoms with Crippen molar-refractivity contribution in [1.29, 1.82) is 0 Å². The fraction of sp³-hybridized carbons (Fsp3) is 0.533. The molecule has 0 spiro atoms. The Bertz CT molecular complexity index is 391. The van der Waals surface area contributed by atoms with Crippen molar-refractivity contribution >= 4 is 5.91 Å². The number of aliphatic hydroxyl groups is 1. The summed E-state index contributed by atoms with van der Waals surface area (Å²) in [5.74, 6) is -0.000886. The highest BCUT2D eigenvalue weighted by Gasteiger charge is 2.21. The molecule has 2 N–H and O–H groups in total. The molecule has 0 unspecified atom stereocenters. The normalized spacial score (nSPS) is 23.7. The molecular weight excluding hydrogens is 226 g/mol. The summed E-state index contributed by atoms with van der Waals surface area (Å²) >= 11 is 0. The maximum Gasteiger partial charge on any atom is 0.251 e. The molecule has 18 heavy (non-hydrogen) atoms. The first-order valence-corrected chi connectivity index (χ1v) is 6.77. The van der Waals surface area contributed by atoms with Gasteiger partial charge in [-0.15, -0.1) is 0 Å². The number of benzene rings is 1. The lowest BCUT2D eigenvalue weighted by molar-refractivity contribution is 0.0867. The predicted molar refractivity (Wildman–Crippen MR) is 71.5 cm³/mol. The highest BCUT2D eigenvalue weighted by atomic mass is 16.3. The Morgan fingerprint density at radius 1 is 1.22 bits per heavy atom. The van der Waals surface area contributed by atoms with Gasteiger partial charge >= 0.3 is 0 Å². The molecule has 3 nitrogen and oxygen atoms in total. The Kier molecular flexibility index (Phi) is 4.37. The quantitative estimate of drug-likeness (QED) is 0.861. The van der Waals surface area contributed by atoms with Gasteiger partial charge in [-0.1, -0.05) is 19.1 Å². The lowest BCUT2D eigenvalue weighted by Crippen LogP contribution is -2.38. The summed E-state index contributed by atoms with van der Waals surface area (Å²) in [5.41, 5.74) is 1.96. The first-order valence-electron chi connectivity index (χ1n) is 6.77. The molecule has 0 bridgehead atoms. The molecule has 1 saturated carbocycles. The van der Waals surface area contributed by atoms with Crippen LogP contribution in [-0.4, -0.2) is 23.2 Å². The second-order valence-electron chi connectivity index (χ2n) is 5.03. The molecule has 1 fully saturated rings. The van der Waals surface area contributed by atoms with E-state index in [1.54, 1.807) is 0 Å². The molecule has 3 heteroatoms. The zero-order chi connectivity index (χ0) is 13.0. The lowest BCUT2D eigenvalue weighted by atomic mass is 9.93. The number of hydrogen-bond donors (Lipinski definition) is 2. The van der Waals surface area contributed by atoms with Crippen LogP contribution in [0.3, 0.4) is 0 Å². The van der Waals surface area contributed by atoms with Crippen LogP contribution < -0.4 is 5.32 Å². The number of amides is 1. The van der Waals surface area contributed by atoms with Gasteiger partial charge < -0.3 is 10.4 Å². The molecule has 0 radical (unpaired) electrons. The average Bonchev–Trinajstić information content (AvgIpc) is 2.41. The van der Waals surface area contributed by atoms with Crippen molar-refractivity contribution in [3.8, 4) is 0 Å². The van der Waals surface area contributed by atoms with Crippen LogP contribution in [0.4, 0.5) is 0 Å². The van der Waals surface area contributed by atoms with E-state index >= 15 is 0 Å². The minimum absolute atomic E-state index is 0.000886. The maximum absolute atomic E-state index is 12.0. The van der Waals surface area contributed by atoms with E-state index < -0.39 is 0 Å². The second-order valence-corrected chi connectivity index (χ2v) is 5.03. The standard InChI is InChI=1S/C15H21NO2/c1-2-11-3-5-12(6-4-11)15(18)16-13-7-9-14(17)10-8-13/h3-6,13-14,17H,2,7-10H2,1H3,(H,16,18). The van der Waals surface area contributed by atoms with Crippen molar-refractivity contribution in [2.24, 2.45) is 0 Å². The van der Waals surface area contributed by atoms with E-state index in [0.29, 0.717) is 0 Å². The molecule has 2 rings (SSSR count). The third-order valence-corrected chi connectivity index (χ3v) is 3.66. The van der Waals surface area contributed by atoms with E-state index in [9.17, 15) is 9.90 Å². The lowest BCUT2D eigenvalue weighted by Gasteiger charge is -2.26. The molecule has 0 aliphatic heterocycles. The van der Waals surface area contributed by atoms with Crippen molar-refractivity contribution in [2.75, 3.05) is 0 Å². The average molecular weight is 247 g/mol. The van der Waals surface area contributed by atoms with E-state index in [2.05, 4.69) is 12.2 Å². The summed E-state index contributed by atoms with van der Waals surface area (Å²) in [7, 11) is 0. The SMILES string of the molecule is CCc1ccc(C(=O)NC2CCC(O)CC2)cc1. The van der Waals surface area contributed by atoms with Crippen LogP contribution in [0.2, 0.25) is 0 Å². The predicted octanol–water partition coefficient (Wildman–Crippen LogP) is 2.28. The molecule has 98 valence electrons. The molecule has 0 aromatic heterocycles. The van der Waals surface area contributed by atoms with E-state index in [4.69, 9.17) is 0 Å². The fourth-order valence-electron chi connectivity index (χ4n) is 2.38. The number of carbonyl (C=O) groups excluding carboxylic acids is 1. The van der Waals surface area contributed by atoms with Gasteiger partial charge in [-0.2, -0.15) is 0 Å². The molecule has 1 aliphatic rings. The largest absolute Gasteiger partial charge is 0.393 e. The maximum atomic E-state index is 12.0. The Balaban J connectivity index is 1.90. The summed E-state index contributed by atoms with van der Waals surface area (Å²) in [4.78, 5) is 12.0. The van der Waals surface area contributed by atoms with Crippen molar-refractivity contribution in [3.63, 3.8) is 0 Å². The van der Waals surface area contributed by atoms with Crippen LogP contribution >= 0.6 is 0 Å². The second kappa shape index (κ2) is 6.01. The Labute approximate surface area is 108 Å². The van der Waals surface area contributed by atoms with Gasteiger partial charge in [0.05, 0.1) is 6.10 Å². The van der Waals surface area contributed by atoms with E-state index in [1.807, 2.05) is 24.3 Å². The Morgan fingerprint density at radius 2 is 1.83 bits per heavy atom. The first-order chi connectivity index (χ1) is 8.69. The highest BCUT2D eigenvalue weighted by Crippen LogP contribution is 2.18. The molecule has 0 heterocycles. The van der Waals surface area contributed by atoms with Gasteiger partial charge in [0.25, 0.3) is 5.91 Å². The summed E-state index contributed by atoms with van der Waals surface area (Å²) < 4.78 is 0. The van der Waals surface area contributed by atoms with Gasteiger partial charge in [-0.25, -0.2) is 0 Å². The molecule has 1 amide bonds. The summed E-state index contributed by atoms with van der Waals surface area (Å²) in [5, 5.41) is 12.5. The van der Waals surface area contributed by atoms with Crippen LogP contribution in [0.25, 0.3) is 0 Å². The topological polar surface area (TPSA) is 49.3 Å². The van der Waals surface area contributed by atoms with Crippen molar-refractivity contribution < 1.29 is 9.90 Å². The van der Waals surface area contributed by atoms with Crippen LogP contribution in [0.1, 0.15) is 48.5 Å². The van der Waals surface area contributed by atoms with E-state index in [-0.39, 0.29) is 18.1 Å². The highest BCUT2D eigenvalue weighted by molar-refractivity contribution is 5.94. The molecule has 0 atom stereocenters.